The first kappa shape index (κ1) is 12.2. The second-order valence-electron chi connectivity index (χ2n) is 4.10. The van der Waals surface area contributed by atoms with Crippen LogP contribution in [0.5, 0.6) is 11.5 Å². The second kappa shape index (κ2) is 4.96. The summed E-state index contributed by atoms with van der Waals surface area (Å²) in [4.78, 5) is 0. The van der Waals surface area contributed by atoms with Crippen LogP contribution in [0.2, 0.25) is 0 Å². The minimum atomic E-state index is -0.326. The molecule has 0 amide bonds. The minimum absolute atomic E-state index is 0.00155. The molecule has 3 N–H and O–H groups in total. The molecule has 0 radical (unpaired) electrons. The molecular weight excluding hydrogens is 233 g/mol. The number of anilines is 1. The molecule has 3 nitrogen and oxygen atoms in total. The van der Waals surface area contributed by atoms with E-state index in [1.807, 2.05) is 13.0 Å². The molecular formula is C14H14FNO2. The molecule has 0 heterocycles. The van der Waals surface area contributed by atoms with Gasteiger partial charge in [0, 0.05) is 18.2 Å². The molecule has 2 aromatic rings. The largest absolute Gasteiger partial charge is 0.508 e. The average molecular weight is 247 g/mol. The van der Waals surface area contributed by atoms with Gasteiger partial charge in [-0.2, -0.15) is 0 Å². The Labute approximate surface area is 105 Å². The van der Waals surface area contributed by atoms with E-state index in [9.17, 15) is 14.6 Å². The monoisotopic (exact) mass is 247 g/mol. The number of rotatable bonds is 3. The van der Waals surface area contributed by atoms with Gasteiger partial charge in [-0.15, -0.1) is 0 Å². The van der Waals surface area contributed by atoms with Crippen molar-refractivity contribution in [2.45, 2.75) is 13.5 Å². The van der Waals surface area contributed by atoms with Crippen molar-refractivity contribution in [2.24, 2.45) is 0 Å². The van der Waals surface area contributed by atoms with Gasteiger partial charge < -0.3 is 15.5 Å². The third-order valence-electron chi connectivity index (χ3n) is 2.75. The normalized spacial score (nSPS) is 10.3. The van der Waals surface area contributed by atoms with E-state index in [1.54, 1.807) is 12.1 Å². The number of aromatic hydroxyl groups is 2. The molecule has 2 aromatic carbocycles. The van der Waals surface area contributed by atoms with Crippen molar-refractivity contribution >= 4 is 5.69 Å². The lowest BCUT2D eigenvalue weighted by Crippen LogP contribution is -2.03. The highest BCUT2D eigenvalue weighted by Gasteiger charge is 2.06. The zero-order chi connectivity index (χ0) is 13.1. The first-order valence-electron chi connectivity index (χ1n) is 5.58. The molecule has 0 unspecified atom stereocenters. The zero-order valence-corrected chi connectivity index (χ0v) is 9.94. The summed E-state index contributed by atoms with van der Waals surface area (Å²) in [6.45, 7) is 2.09. The van der Waals surface area contributed by atoms with Crippen molar-refractivity contribution in [3.8, 4) is 11.5 Å². The Balaban J connectivity index is 2.16. The van der Waals surface area contributed by atoms with Crippen LogP contribution < -0.4 is 5.32 Å². The van der Waals surface area contributed by atoms with Gasteiger partial charge >= 0.3 is 0 Å². The van der Waals surface area contributed by atoms with Gasteiger partial charge in [-0.3, -0.25) is 0 Å². The first-order valence-corrected chi connectivity index (χ1v) is 5.58. The predicted molar refractivity (Wildman–Crippen MR) is 68.2 cm³/mol. The Morgan fingerprint density at radius 1 is 1.17 bits per heavy atom. The molecule has 4 heteroatoms. The number of hydrogen-bond donors (Lipinski definition) is 3. The summed E-state index contributed by atoms with van der Waals surface area (Å²) in [5, 5.41) is 21.7. The number of hydrogen-bond acceptors (Lipinski definition) is 3. The van der Waals surface area contributed by atoms with Gasteiger partial charge in [-0.05, 0) is 30.7 Å². The molecule has 0 saturated heterocycles. The Bertz CT molecular complexity index is 549. The minimum Gasteiger partial charge on any atom is -0.508 e. The molecule has 0 bridgehead atoms. The molecule has 0 spiro atoms. The number of halogens is 1. The van der Waals surface area contributed by atoms with Crippen LogP contribution in [-0.2, 0) is 6.54 Å². The van der Waals surface area contributed by atoms with Gasteiger partial charge in [0.1, 0.15) is 17.3 Å². The lowest BCUT2D eigenvalue weighted by molar-refractivity contribution is 0.446. The molecule has 94 valence electrons. The van der Waals surface area contributed by atoms with Gasteiger partial charge in [0.05, 0.1) is 5.69 Å². The topological polar surface area (TPSA) is 52.5 Å². The maximum absolute atomic E-state index is 13.6. The number of nitrogens with one attached hydrogen (secondary N) is 1. The van der Waals surface area contributed by atoms with E-state index in [0.717, 1.165) is 5.56 Å². The summed E-state index contributed by atoms with van der Waals surface area (Å²) >= 11 is 0. The van der Waals surface area contributed by atoms with Crippen molar-refractivity contribution in [3.05, 3.63) is 53.3 Å². The van der Waals surface area contributed by atoms with E-state index in [4.69, 9.17) is 0 Å². The smallest absolute Gasteiger partial charge is 0.146 e. The summed E-state index contributed by atoms with van der Waals surface area (Å²) < 4.78 is 13.6. The van der Waals surface area contributed by atoms with Gasteiger partial charge in [0.25, 0.3) is 0 Å². The van der Waals surface area contributed by atoms with Crippen LogP contribution in [0.4, 0.5) is 10.1 Å². The Morgan fingerprint density at radius 3 is 2.61 bits per heavy atom. The molecule has 0 saturated carbocycles. The highest BCUT2D eigenvalue weighted by molar-refractivity contribution is 5.53. The summed E-state index contributed by atoms with van der Waals surface area (Å²) in [6.07, 6.45) is 0. The molecule has 0 aliphatic carbocycles. The fourth-order valence-electron chi connectivity index (χ4n) is 1.74. The van der Waals surface area contributed by atoms with Crippen LogP contribution in [0.3, 0.4) is 0 Å². The van der Waals surface area contributed by atoms with Gasteiger partial charge in [-0.1, -0.05) is 12.1 Å². The Morgan fingerprint density at radius 2 is 1.94 bits per heavy atom. The highest BCUT2D eigenvalue weighted by atomic mass is 19.1. The summed E-state index contributed by atoms with van der Waals surface area (Å²) in [6, 6.07) is 9.16. The highest BCUT2D eigenvalue weighted by Crippen LogP contribution is 2.25. The summed E-state index contributed by atoms with van der Waals surface area (Å²) in [5.41, 5.74) is 1.81. The molecule has 2 rings (SSSR count). The predicted octanol–water partition coefficient (Wildman–Crippen LogP) is 3.16. The molecule has 0 atom stereocenters. The van der Waals surface area contributed by atoms with Crippen LogP contribution >= 0.6 is 0 Å². The van der Waals surface area contributed by atoms with Crippen LogP contribution in [0.15, 0.2) is 36.4 Å². The van der Waals surface area contributed by atoms with E-state index in [2.05, 4.69) is 5.32 Å². The third kappa shape index (κ3) is 2.53. The summed E-state index contributed by atoms with van der Waals surface area (Å²) in [5.74, 6) is -0.344. The Hall–Kier alpha value is -2.23. The molecule has 0 aliphatic heterocycles. The number of phenols is 2. The van der Waals surface area contributed by atoms with E-state index in [1.165, 1.54) is 18.2 Å². The van der Waals surface area contributed by atoms with Crippen molar-refractivity contribution in [2.75, 3.05) is 5.32 Å². The number of benzene rings is 2. The van der Waals surface area contributed by atoms with E-state index in [0.29, 0.717) is 11.3 Å². The van der Waals surface area contributed by atoms with E-state index >= 15 is 0 Å². The van der Waals surface area contributed by atoms with Gasteiger partial charge in [-0.25, -0.2) is 4.39 Å². The quantitative estimate of drug-likeness (QED) is 0.781. The SMILES string of the molecule is Cc1cccc(F)c1NCc1ccc(O)cc1O. The maximum atomic E-state index is 13.6. The number of para-hydroxylation sites is 1. The fraction of sp³-hybridized carbons (Fsp3) is 0.143. The van der Waals surface area contributed by atoms with Crippen LogP contribution in [0.25, 0.3) is 0 Å². The van der Waals surface area contributed by atoms with Crippen molar-refractivity contribution in [1.82, 2.24) is 0 Å². The molecule has 0 aromatic heterocycles. The third-order valence-corrected chi connectivity index (χ3v) is 2.75. The van der Waals surface area contributed by atoms with Crippen molar-refractivity contribution in [3.63, 3.8) is 0 Å². The lowest BCUT2D eigenvalue weighted by Gasteiger charge is -2.11. The van der Waals surface area contributed by atoms with Gasteiger partial charge in [0.2, 0.25) is 0 Å². The number of aryl methyl sites for hydroxylation is 1. The Kier molecular flexibility index (Phi) is 3.37. The van der Waals surface area contributed by atoms with Crippen molar-refractivity contribution < 1.29 is 14.6 Å². The summed E-state index contributed by atoms with van der Waals surface area (Å²) in [7, 11) is 0. The van der Waals surface area contributed by atoms with Crippen LogP contribution in [0, 0.1) is 12.7 Å². The number of phenolic OH excluding ortho intramolecular Hbond substituents is 2. The van der Waals surface area contributed by atoms with E-state index in [-0.39, 0.29) is 23.9 Å². The molecule has 0 aliphatic rings. The van der Waals surface area contributed by atoms with Crippen LogP contribution in [0.1, 0.15) is 11.1 Å². The lowest BCUT2D eigenvalue weighted by atomic mass is 10.1. The van der Waals surface area contributed by atoms with Crippen LogP contribution in [-0.4, -0.2) is 10.2 Å². The zero-order valence-electron chi connectivity index (χ0n) is 9.94. The standard InChI is InChI=1S/C14H14FNO2/c1-9-3-2-4-12(15)14(9)16-8-10-5-6-11(17)7-13(10)18/h2-7,16-18H,8H2,1H3. The molecule has 18 heavy (non-hydrogen) atoms. The van der Waals surface area contributed by atoms with E-state index < -0.39 is 0 Å². The first-order chi connectivity index (χ1) is 8.58. The van der Waals surface area contributed by atoms with Crippen molar-refractivity contribution in [1.29, 1.82) is 0 Å². The second-order valence-corrected chi connectivity index (χ2v) is 4.10. The molecule has 0 fully saturated rings. The average Bonchev–Trinajstić information content (AvgIpc) is 2.31. The van der Waals surface area contributed by atoms with Gasteiger partial charge in [0.15, 0.2) is 0 Å². The fourth-order valence-corrected chi connectivity index (χ4v) is 1.74. The maximum Gasteiger partial charge on any atom is 0.146 e.